The summed E-state index contributed by atoms with van der Waals surface area (Å²) >= 11 is 0. The molecule has 4 heteroatoms. The van der Waals surface area contributed by atoms with E-state index in [-0.39, 0.29) is 18.1 Å². The predicted molar refractivity (Wildman–Crippen MR) is 55.0 cm³/mol. The summed E-state index contributed by atoms with van der Waals surface area (Å²) in [6.07, 6.45) is 0.831. The first kappa shape index (κ1) is 13.4. The summed E-state index contributed by atoms with van der Waals surface area (Å²) in [5.74, 6) is -0.193. The fourth-order valence-electron chi connectivity index (χ4n) is 1.09. The number of nitrogens with zero attached hydrogens (tertiary/aromatic N) is 1. The molecule has 0 saturated heterocycles. The number of rotatable bonds is 6. The quantitative estimate of drug-likeness (QED) is 0.644. The first-order chi connectivity index (χ1) is 6.47. The number of esters is 1. The van der Waals surface area contributed by atoms with Gasteiger partial charge in [-0.3, -0.25) is 4.79 Å². The van der Waals surface area contributed by atoms with E-state index in [1.54, 1.807) is 6.92 Å². The highest BCUT2D eigenvalue weighted by Crippen LogP contribution is 2.04. The molecule has 0 heterocycles. The van der Waals surface area contributed by atoms with E-state index in [1.807, 2.05) is 18.9 Å². The van der Waals surface area contributed by atoms with Crippen molar-refractivity contribution in [1.82, 2.24) is 4.90 Å². The maximum atomic E-state index is 11.0. The van der Waals surface area contributed by atoms with Crippen molar-refractivity contribution >= 4 is 5.97 Å². The van der Waals surface area contributed by atoms with E-state index in [0.29, 0.717) is 6.42 Å². The third-order valence-electron chi connectivity index (χ3n) is 2.34. The summed E-state index contributed by atoms with van der Waals surface area (Å²) in [6, 6.07) is 0.154. The van der Waals surface area contributed by atoms with Gasteiger partial charge in [0.25, 0.3) is 0 Å². The molecule has 0 aromatic heterocycles. The van der Waals surface area contributed by atoms with Crippen LogP contribution in [-0.4, -0.2) is 48.8 Å². The Balaban J connectivity index is 3.75. The van der Waals surface area contributed by atoms with E-state index in [9.17, 15) is 4.79 Å². The summed E-state index contributed by atoms with van der Waals surface area (Å²) in [4.78, 5) is 13.0. The second-order valence-electron chi connectivity index (χ2n) is 3.75. The number of hydrogen-bond acceptors (Lipinski definition) is 4. The fourth-order valence-corrected chi connectivity index (χ4v) is 1.09. The molecule has 0 amide bonds. The molecule has 4 nitrogen and oxygen atoms in total. The Morgan fingerprint density at radius 2 is 2.07 bits per heavy atom. The van der Waals surface area contributed by atoms with Gasteiger partial charge >= 0.3 is 5.97 Å². The van der Waals surface area contributed by atoms with Gasteiger partial charge in [0.05, 0.1) is 19.6 Å². The maximum absolute atomic E-state index is 11.0. The van der Waals surface area contributed by atoms with Crippen LogP contribution >= 0.6 is 0 Å². The third kappa shape index (κ3) is 5.94. The molecule has 84 valence electrons. The number of ether oxygens (including phenoxy) is 1. The molecule has 0 spiro atoms. The standard InChI is InChI=1S/C10H21NO3/c1-8(7-10(13)14-4)11(3)6-5-9(2)12/h8-9,12H,5-7H2,1-4H3. The van der Waals surface area contributed by atoms with E-state index in [0.717, 1.165) is 13.0 Å². The van der Waals surface area contributed by atoms with Crippen molar-refractivity contribution in [1.29, 1.82) is 0 Å². The van der Waals surface area contributed by atoms with Gasteiger partial charge in [-0.2, -0.15) is 0 Å². The van der Waals surface area contributed by atoms with Gasteiger partial charge in [-0.15, -0.1) is 0 Å². The van der Waals surface area contributed by atoms with Crippen LogP contribution in [0.25, 0.3) is 0 Å². The lowest BCUT2D eigenvalue weighted by Crippen LogP contribution is -2.33. The number of aliphatic hydroxyl groups excluding tert-OH is 1. The molecule has 0 fully saturated rings. The molecule has 0 aliphatic heterocycles. The van der Waals surface area contributed by atoms with Crippen molar-refractivity contribution in [3.8, 4) is 0 Å². The zero-order valence-electron chi connectivity index (χ0n) is 9.49. The first-order valence-electron chi connectivity index (χ1n) is 4.92. The zero-order chi connectivity index (χ0) is 11.1. The van der Waals surface area contributed by atoms with Gasteiger partial charge in [-0.05, 0) is 27.3 Å². The van der Waals surface area contributed by atoms with E-state index in [4.69, 9.17) is 5.11 Å². The molecule has 0 aromatic rings. The molecular weight excluding hydrogens is 182 g/mol. The molecule has 0 radical (unpaired) electrons. The Hall–Kier alpha value is -0.610. The second kappa shape index (κ2) is 6.79. The van der Waals surface area contributed by atoms with E-state index in [1.165, 1.54) is 7.11 Å². The average molecular weight is 203 g/mol. The first-order valence-corrected chi connectivity index (χ1v) is 4.92. The van der Waals surface area contributed by atoms with Gasteiger partial charge < -0.3 is 14.7 Å². The smallest absolute Gasteiger partial charge is 0.307 e. The van der Waals surface area contributed by atoms with Crippen LogP contribution in [0.4, 0.5) is 0 Å². The van der Waals surface area contributed by atoms with Gasteiger partial charge in [-0.1, -0.05) is 0 Å². The SMILES string of the molecule is COC(=O)CC(C)N(C)CCC(C)O. The fraction of sp³-hybridized carbons (Fsp3) is 0.900. The molecule has 2 atom stereocenters. The molecule has 0 aliphatic rings. The molecule has 0 aromatic carbocycles. The molecule has 0 bridgehead atoms. The molecule has 2 unspecified atom stereocenters. The molecule has 0 rings (SSSR count). The molecule has 0 aliphatic carbocycles. The number of hydrogen-bond donors (Lipinski definition) is 1. The van der Waals surface area contributed by atoms with Crippen molar-refractivity contribution < 1.29 is 14.6 Å². The Labute approximate surface area is 85.9 Å². The summed E-state index contributed by atoms with van der Waals surface area (Å²) < 4.78 is 4.58. The van der Waals surface area contributed by atoms with Gasteiger partial charge in [0, 0.05) is 12.6 Å². The average Bonchev–Trinajstić information content (AvgIpc) is 2.13. The Morgan fingerprint density at radius 3 is 2.50 bits per heavy atom. The highest BCUT2D eigenvalue weighted by atomic mass is 16.5. The monoisotopic (exact) mass is 203 g/mol. The highest BCUT2D eigenvalue weighted by Gasteiger charge is 2.14. The Kier molecular flexibility index (Phi) is 6.49. The molecular formula is C10H21NO3. The van der Waals surface area contributed by atoms with Crippen LogP contribution in [-0.2, 0) is 9.53 Å². The maximum Gasteiger partial charge on any atom is 0.307 e. The van der Waals surface area contributed by atoms with Crippen LogP contribution in [0.1, 0.15) is 26.7 Å². The van der Waals surface area contributed by atoms with Gasteiger partial charge in [-0.25, -0.2) is 0 Å². The lowest BCUT2D eigenvalue weighted by atomic mass is 10.2. The third-order valence-corrected chi connectivity index (χ3v) is 2.34. The lowest BCUT2D eigenvalue weighted by molar-refractivity contribution is -0.141. The van der Waals surface area contributed by atoms with Crippen LogP contribution < -0.4 is 0 Å². The van der Waals surface area contributed by atoms with E-state index in [2.05, 4.69) is 4.74 Å². The predicted octanol–water partition coefficient (Wildman–Crippen LogP) is 0.641. The summed E-state index contributed by atoms with van der Waals surface area (Å²) in [5, 5.41) is 9.09. The number of carbonyl (C=O) groups is 1. The lowest BCUT2D eigenvalue weighted by Gasteiger charge is -2.24. The van der Waals surface area contributed by atoms with Crippen molar-refractivity contribution in [3.05, 3.63) is 0 Å². The second-order valence-corrected chi connectivity index (χ2v) is 3.75. The Morgan fingerprint density at radius 1 is 1.50 bits per heavy atom. The minimum Gasteiger partial charge on any atom is -0.469 e. The van der Waals surface area contributed by atoms with E-state index < -0.39 is 0 Å². The Bertz CT molecular complexity index is 171. The zero-order valence-corrected chi connectivity index (χ0v) is 9.49. The molecule has 1 N–H and O–H groups in total. The highest BCUT2D eigenvalue weighted by molar-refractivity contribution is 5.69. The number of carbonyl (C=O) groups excluding carboxylic acids is 1. The van der Waals surface area contributed by atoms with Crippen LogP contribution in [0.2, 0.25) is 0 Å². The van der Waals surface area contributed by atoms with Gasteiger partial charge in [0.15, 0.2) is 0 Å². The molecule has 14 heavy (non-hydrogen) atoms. The van der Waals surface area contributed by atoms with Crippen molar-refractivity contribution in [2.24, 2.45) is 0 Å². The number of aliphatic hydroxyl groups is 1. The summed E-state index contributed by atoms with van der Waals surface area (Å²) in [6.45, 7) is 4.52. The van der Waals surface area contributed by atoms with Crippen molar-refractivity contribution in [3.63, 3.8) is 0 Å². The van der Waals surface area contributed by atoms with Crippen LogP contribution in [0.15, 0.2) is 0 Å². The normalized spacial score (nSPS) is 15.3. The minimum atomic E-state index is -0.289. The largest absolute Gasteiger partial charge is 0.469 e. The van der Waals surface area contributed by atoms with Gasteiger partial charge in [0.2, 0.25) is 0 Å². The van der Waals surface area contributed by atoms with Crippen LogP contribution in [0.5, 0.6) is 0 Å². The van der Waals surface area contributed by atoms with Gasteiger partial charge in [0.1, 0.15) is 0 Å². The van der Waals surface area contributed by atoms with E-state index >= 15 is 0 Å². The van der Waals surface area contributed by atoms with Crippen molar-refractivity contribution in [2.45, 2.75) is 38.8 Å². The molecule has 0 saturated carbocycles. The topological polar surface area (TPSA) is 49.8 Å². The minimum absolute atomic E-state index is 0.154. The summed E-state index contributed by atoms with van der Waals surface area (Å²) in [5.41, 5.74) is 0. The summed E-state index contributed by atoms with van der Waals surface area (Å²) in [7, 11) is 3.33. The van der Waals surface area contributed by atoms with Crippen molar-refractivity contribution in [2.75, 3.05) is 20.7 Å². The van der Waals surface area contributed by atoms with Crippen LogP contribution in [0, 0.1) is 0 Å². The number of methoxy groups -OCH3 is 1. The van der Waals surface area contributed by atoms with Crippen LogP contribution in [0.3, 0.4) is 0 Å².